The molecule has 2 aliphatic carbocycles. The molecule has 2 unspecified atom stereocenters. The second-order valence-corrected chi connectivity index (χ2v) is 9.53. The number of hydroxylamine groups is 1. The monoisotopic (exact) mass is 472 g/mol. The van der Waals surface area contributed by atoms with Gasteiger partial charge < -0.3 is 0 Å². The minimum atomic E-state index is -4.44. The predicted octanol–water partition coefficient (Wildman–Crippen LogP) is 5.73. The number of halogens is 3. The number of amides is 1. The average molecular weight is 472 g/mol. The van der Waals surface area contributed by atoms with Gasteiger partial charge in [0.2, 0.25) is 5.13 Å². The first-order valence-electron chi connectivity index (χ1n) is 10.4. The molecular formula is C24H19F3N2O3S. The van der Waals surface area contributed by atoms with Crippen LogP contribution < -0.4 is 5.06 Å². The molecule has 4 atom stereocenters. The van der Waals surface area contributed by atoms with E-state index >= 15 is 0 Å². The Morgan fingerprint density at radius 1 is 1.06 bits per heavy atom. The minimum absolute atomic E-state index is 0.0141. The van der Waals surface area contributed by atoms with Crippen LogP contribution in [0.25, 0.3) is 21.3 Å². The normalized spacial score (nSPS) is 23.9. The summed E-state index contributed by atoms with van der Waals surface area (Å²) in [7, 11) is 0. The Morgan fingerprint density at radius 2 is 1.76 bits per heavy atom. The van der Waals surface area contributed by atoms with Crippen LogP contribution >= 0.6 is 11.3 Å². The quantitative estimate of drug-likeness (QED) is 0.299. The van der Waals surface area contributed by atoms with Gasteiger partial charge in [0.05, 0.1) is 21.7 Å². The molecule has 1 heterocycles. The summed E-state index contributed by atoms with van der Waals surface area (Å²) in [6, 6.07) is 10.0. The van der Waals surface area contributed by atoms with Gasteiger partial charge in [0.15, 0.2) is 0 Å². The highest BCUT2D eigenvalue weighted by Gasteiger charge is 2.51. The standard InChI is InChI=1S/C24H19F3N2O3S/c1-12(30)20-15-5-6-16(9-15)21(20)22(31)29(32)23-28-18-8-7-14(11-19(18)33-23)13-3-2-4-17(10-13)24(25,26)27/h2-8,10-11,15-16,20-21,32H,9H2,1H3/t15?,16?,20-,21+/m0/s1. The Hall–Kier alpha value is -3.04. The molecule has 5 nitrogen and oxygen atoms in total. The fourth-order valence-electron chi connectivity index (χ4n) is 5.01. The summed E-state index contributed by atoms with van der Waals surface area (Å²) < 4.78 is 39.8. The lowest BCUT2D eigenvalue weighted by Gasteiger charge is -2.27. The smallest absolute Gasteiger partial charge is 0.300 e. The number of hydrogen-bond donors (Lipinski definition) is 1. The maximum absolute atomic E-state index is 13.1. The van der Waals surface area contributed by atoms with Gasteiger partial charge in [0.1, 0.15) is 5.78 Å². The highest BCUT2D eigenvalue weighted by molar-refractivity contribution is 7.22. The molecule has 5 rings (SSSR count). The zero-order valence-electron chi connectivity index (χ0n) is 17.4. The molecule has 0 aliphatic heterocycles. The Bertz CT molecular complexity index is 1300. The largest absolute Gasteiger partial charge is 0.416 e. The number of aromatic nitrogens is 1. The SMILES string of the molecule is CC(=O)[C@H]1C2C=CC(C2)[C@H]1C(=O)N(O)c1nc2ccc(-c3cccc(C(F)(F)F)c3)cc2s1. The van der Waals surface area contributed by atoms with Gasteiger partial charge in [0.25, 0.3) is 5.91 Å². The van der Waals surface area contributed by atoms with Crippen LogP contribution in [0.5, 0.6) is 0 Å². The van der Waals surface area contributed by atoms with Gasteiger partial charge in [-0.05, 0) is 60.6 Å². The Morgan fingerprint density at radius 3 is 2.45 bits per heavy atom. The van der Waals surface area contributed by atoms with Crippen molar-refractivity contribution < 1.29 is 28.0 Å². The molecule has 33 heavy (non-hydrogen) atoms. The van der Waals surface area contributed by atoms with Gasteiger partial charge in [-0.15, -0.1) is 0 Å². The van der Waals surface area contributed by atoms with Crippen LogP contribution in [0.4, 0.5) is 18.3 Å². The van der Waals surface area contributed by atoms with E-state index in [-0.39, 0.29) is 22.8 Å². The molecule has 1 N–H and O–H groups in total. The summed E-state index contributed by atoms with van der Waals surface area (Å²) in [4.78, 5) is 29.6. The van der Waals surface area contributed by atoms with Crippen molar-refractivity contribution in [3.63, 3.8) is 0 Å². The van der Waals surface area contributed by atoms with Crippen LogP contribution in [-0.2, 0) is 15.8 Å². The average Bonchev–Trinajstić information content (AvgIpc) is 3.51. The van der Waals surface area contributed by atoms with Gasteiger partial charge in [-0.2, -0.15) is 18.2 Å². The number of fused-ring (bicyclic) bond motifs is 3. The van der Waals surface area contributed by atoms with Crippen molar-refractivity contribution in [3.8, 4) is 11.1 Å². The number of thiazole rings is 1. The van der Waals surface area contributed by atoms with Crippen LogP contribution in [0, 0.1) is 23.7 Å². The Kier molecular flexibility index (Phi) is 5.13. The lowest BCUT2D eigenvalue weighted by atomic mass is 9.80. The van der Waals surface area contributed by atoms with Crippen LogP contribution in [0.1, 0.15) is 18.9 Å². The predicted molar refractivity (Wildman–Crippen MR) is 118 cm³/mol. The van der Waals surface area contributed by atoms with Gasteiger partial charge in [-0.3, -0.25) is 14.8 Å². The third-order valence-electron chi connectivity index (χ3n) is 6.50. The molecule has 1 saturated carbocycles. The zero-order valence-corrected chi connectivity index (χ0v) is 18.2. The van der Waals surface area contributed by atoms with E-state index in [4.69, 9.17) is 0 Å². The van der Waals surface area contributed by atoms with Crippen molar-refractivity contribution in [2.24, 2.45) is 23.7 Å². The first-order valence-corrected chi connectivity index (χ1v) is 11.2. The number of allylic oxidation sites excluding steroid dienone is 2. The second-order valence-electron chi connectivity index (χ2n) is 8.52. The number of ketones is 1. The van der Waals surface area contributed by atoms with Crippen molar-refractivity contribution in [2.45, 2.75) is 19.5 Å². The first kappa shape index (κ1) is 21.8. The summed E-state index contributed by atoms with van der Waals surface area (Å²) in [5.41, 5.74) is 0.733. The van der Waals surface area contributed by atoms with E-state index in [0.29, 0.717) is 32.8 Å². The molecule has 3 aromatic rings. The van der Waals surface area contributed by atoms with Crippen molar-refractivity contribution in [3.05, 3.63) is 60.2 Å². The van der Waals surface area contributed by atoms with Crippen LogP contribution in [0.3, 0.4) is 0 Å². The molecule has 2 aromatic carbocycles. The molecule has 0 spiro atoms. The van der Waals surface area contributed by atoms with Crippen molar-refractivity contribution in [1.82, 2.24) is 4.98 Å². The number of benzene rings is 2. The molecular weight excluding hydrogens is 453 g/mol. The van der Waals surface area contributed by atoms with E-state index in [9.17, 15) is 28.0 Å². The number of alkyl halides is 3. The zero-order chi connectivity index (χ0) is 23.5. The topological polar surface area (TPSA) is 70.5 Å². The van der Waals surface area contributed by atoms with Crippen LogP contribution in [0.2, 0.25) is 0 Å². The minimum Gasteiger partial charge on any atom is -0.300 e. The molecule has 1 aromatic heterocycles. The van der Waals surface area contributed by atoms with E-state index in [1.165, 1.54) is 13.0 Å². The third-order valence-corrected chi connectivity index (χ3v) is 7.50. The molecule has 170 valence electrons. The number of carbonyl (C=O) groups excluding carboxylic acids is 2. The molecule has 0 radical (unpaired) electrons. The number of nitrogens with zero attached hydrogens (tertiary/aromatic N) is 2. The van der Waals surface area contributed by atoms with E-state index < -0.39 is 29.5 Å². The lowest BCUT2D eigenvalue weighted by Crippen LogP contribution is -2.41. The van der Waals surface area contributed by atoms with E-state index in [1.54, 1.807) is 24.3 Å². The lowest BCUT2D eigenvalue weighted by molar-refractivity contribution is -0.137. The number of carbonyl (C=O) groups is 2. The van der Waals surface area contributed by atoms with Gasteiger partial charge in [-0.1, -0.05) is 41.7 Å². The number of rotatable bonds is 4. The summed E-state index contributed by atoms with van der Waals surface area (Å²) in [5, 5.41) is 11.2. The van der Waals surface area contributed by atoms with Crippen molar-refractivity contribution >= 4 is 38.4 Å². The fraction of sp³-hybridized carbons (Fsp3) is 0.292. The molecule has 1 fully saturated rings. The molecule has 2 bridgehead atoms. The van der Waals surface area contributed by atoms with Gasteiger partial charge in [0, 0.05) is 5.92 Å². The third kappa shape index (κ3) is 3.75. The summed E-state index contributed by atoms with van der Waals surface area (Å²) in [6.45, 7) is 1.47. The molecule has 0 saturated heterocycles. The van der Waals surface area contributed by atoms with Crippen molar-refractivity contribution in [2.75, 3.05) is 5.06 Å². The summed E-state index contributed by atoms with van der Waals surface area (Å²) >= 11 is 1.06. The fourth-order valence-corrected chi connectivity index (χ4v) is 5.93. The number of anilines is 1. The van der Waals surface area contributed by atoms with Gasteiger partial charge in [-0.25, -0.2) is 4.98 Å². The maximum Gasteiger partial charge on any atom is 0.416 e. The summed E-state index contributed by atoms with van der Waals surface area (Å²) in [6.07, 6.45) is 0.173. The van der Waals surface area contributed by atoms with Crippen LogP contribution in [-0.4, -0.2) is 21.9 Å². The maximum atomic E-state index is 13.1. The highest BCUT2D eigenvalue weighted by Crippen LogP contribution is 2.49. The number of Topliss-reactive ketones (excluding diaryl/α,β-unsaturated/α-hetero) is 1. The highest BCUT2D eigenvalue weighted by atomic mass is 32.1. The van der Waals surface area contributed by atoms with E-state index in [0.717, 1.165) is 23.5 Å². The van der Waals surface area contributed by atoms with Crippen LogP contribution in [0.15, 0.2) is 54.6 Å². The van der Waals surface area contributed by atoms with Crippen molar-refractivity contribution in [1.29, 1.82) is 0 Å². The molecule has 2 aliphatic rings. The van der Waals surface area contributed by atoms with E-state index in [1.807, 2.05) is 12.2 Å². The van der Waals surface area contributed by atoms with E-state index in [2.05, 4.69) is 4.98 Å². The van der Waals surface area contributed by atoms with Gasteiger partial charge >= 0.3 is 6.18 Å². The molecule has 1 amide bonds. The Balaban J connectivity index is 1.44. The first-order chi connectivity index (χ1) is 15.6. The molecule has 9 heteroatoms. The Labute approximate surface area is 191 Å². The summed E-state index contributed by atoms with van der Waals surface area (Å²) in [5.74, 6) is -1.80. The number of hydrogen-bond acceptors (Lipinski definition) is 5. The second kappa shape index (κ2) is 7.78.